The van der Waals surface area contributed by atoms with Crippen molar-refractivity contribution < 1.29 is 4.74 Å². The highest BCUT2D eigenvalue weighted by molar-refractivity contribution is 5.27. The second-order valence-corrected chi connectivity index (χ2v) is 5.89. The first kappa shape index (κ1) is 12.9. The van der Waals surface area contributed by atoms with Crippen molar-refractivity contribution in [1.29, 1.82) is 0 Å². The molecule has 0 spiro atoms. The maximum absolute atomic E-state index is 5.85. The van der Waals surface area contributed by atoms with Crippen molar-refractivity contribution in [3.8, 4) is 5.75 Å². The molecule has 3 heteroatoms. The lowest BCUT2D eigenvalue weighted by molar-refractivity contribution is 0.201. The Hall–Kier alpha value is -1.06. The van der Waals surface area contributed by atoms with Gasteiger partial charge in [0.25, 0.3) is 0 Å². The minimum Gasteiger partial charge on any atom is -0.492 e. The largest absolute Gasteiger partial charge is 0.492 e. The third-order valence-corrected chi connectivity index (χ3v) is 4.27. The molecule has 19 heavy (non-hydrogen) atoms. The Balaban J connectivity index is 1.45. The van der Waals surface area contributed by atoms with E-state index in [0.29, 0.717) is 6.04 Å². The zero-order chi connectivity index (χ0) is 13.1. The van der Waals surface area contributed by atoms with Crippen LogP contribution in [0.25, 0.3) is 0 Å². The van der Waals surface area contributed by atoms with Gasteiger partial charge >= 0.3 is 0 Å². The van der Waals surface area contributed by atoms with Gasteiger partial charge in [-0.15, -0.1) is 0 Å². The summed E-state index contributed by atoms with van der Waals surface area (Å²) in [7, 11) is 0. The van der Waals surface area contributed by atoms with Gasteiger partial charge in [-0.25, -0.2) is 0 Å². The molecule has 2 unspecified atom stereocenters. The summed E-state index contributed by atoms with van der Waals surface area (Å²) in [5.41, 5.74) is 1.26. The highest BCUT2D eigenvalue weighted by Crippen LogP contribution is 2.20. The Labute approximate surface area is 115 Å². The van der Waals surface area contributed by atoms with E-state index in [1.165, 1.54) is 37.9 Å². The molecule has 1 aromatic rings. The van der Waals surface area contributed by atoms with Crippen molar-refractivity contribution in [2.24, 2.45) is 0 Å². The molecule has 2 heterocycles. The first-order valence-corrected chi connectivity index (χ1v) is 7.47. The van der Waals surface area contributed by atoms with Gasteiger partial charge in [-0.3, -0.25) is 4.90 Å². The number of rotatable bonds is 4. The van der Waals surface area contributed by atoms with E-state index in [9.17, 15) is 0 Å². The van der Waals surface area contributed by atoms with Crippen molar-refractivity contribution in [2.45, 2.75) is 38.3 Å². The Morgan fingerprint density at radius 1 is 1.26 bits per heavy atom. The Bertz CT molecular complexity index is 421. The highest BCUT2D eigenvalue weighted by Gasteiger charge is 2.28. The monoisotopic (exact) mass is 260 g/mol. The van der Waals surface area contributed by atoms with Gasteiger partial charge in [-0.1, -0.05) is 12.1 Å². The van der Waals surface area contributed by atoms with Crippen molar-refractivity contribution >= 4 is 0 Å². The van der Waals surface area contributed by atoms with E-state index in [1.54, 1.807) is 0 Å². The standard InChI is InChI=1S/C16H24N2O/c1-13-3-2-4-16(11-13)19-10-9-18-8-7-14-5-6-15(12-18)17-14/h2-4,11,14-15,17H,5-10,12H2,1H3. The number of likely N-dealkylation sites (tertiary alicyclic amines) is 1. The number of ether oxygens (including phenoxy) is 1. The summed E-state index contributed by atoms with van der Waals surface area (Å²) in [6.07, 6.45) is 4.01. The average molecular weight is 260 g/mol. The molecule has 0 aromatic heterocycles. The number of benzene rings is 1. The van der Waals surface area contributed by atoms with E-state index in [0.717, 1.165) is 24.9 Å². The maximum atomic E-state index is 5.85. The molecule has 2 atom stereocenters. The molecule has 3 nitrogen and oxygen atoms in total. The van der Waals surface area contributed by atoms with Crippen molar-refractivity contribution in [1.82, 2.24) is 10.2 Å². The van der Waals surface area contributed by atoms with Crippen LogP contribution in [0.5, 0.6) is 5.75 Å². The molecule has 2 saturated heterocycles. The Morgan fingerprint density at radius 2 is 2.16 bits per heavy atom. The first-order valence-electron chi connectivity index (χ1n) is 7.47. The van der Waals surface area contributed by atoms with Crippen molar-refractivity contribution in [2.75, 3.05) is 26.2 Å². The zero-order valence-corrected chi connectivity index (χ0v) is 11.8. The topological polar surface area (TPSA) is 24.5 Å². The molecular formula is C16H24N2O. The molecule has 3 rings (SSSR count). The second kappa shape index (κ2) is 5.93. The van der Waals surface area contributed by atoms with Crippen molar-refractivity contribution in [3.05, 3.63) is 29.8 Å². The number of hydrogen-bond donors (Lipinski definition) is 1. The van der Waals surface area contributed by atoms with Gasteiger partial charge < -0.3 is 10.1 Å². The molecule has 2 aliphatic heterocycles. The minimum absolute atomic E-state index is 0.714. The summed E-state index contributed by atoms with van der Waals surface area (Å²) in [6, 6.07) is 9.79. The third kappa shape index (κ3) is 3.48. The lowest BCUT2D eigenvalue weighted by atomic mass is 10.1. The summed E-state index contributed by atoms with van der Waals surface area (Å²) in [6.45, 7) is 6.34. The quantitative estimate of drug-likeness (QED) is 0.898. The van der Waals surface area contributed by atoms with E-state index in [4.69, 9.17) is 4.74 Å². The fourth-order valence-corrected chi connectivity index (χ4v) is 3.22. The minimum atomic E-state index is 0.714. The van der Waals surface area contributed by atoms with Gasteiger partial charge in [-0.2, -0.15) is 0 Å². The third-order valence-electron chi connectivity index (χ3n) is 4.27. The molecular weight excluding hydrogens is 236 g/mol. The molecule has 1 N–H and O–H groups in total. The van der Waals surface area contributed by atoms with Gasteiger partial charge in [0.05, 0.1) is 0 Å². The zero-order valence-electron chi connectivity index (χ0n) is 11.8. The van der Waals surface area contributed by atoms with E-state index in [2.05, 4.69) is 35.3 Å². The van der Waals surface area contributed by atoms with Crippen LogP contribution in [0.4, 0.5) is 0 Å². The molecule has 0 aliphatic carbocycles. The summed E-state index contributed by atoms with van der Waals surface area (Å²) in [5, 5.41) is 3.72. The first-order chi connectivity index (χ1) is 9.29. The number of hydrogen-bond acceptors (Lipinski definition) is 3. The molecule has 2 bridgehead atoms. The van der Waals surface area contributed by atoms with Gasteiger partial charge in [-0.05, 0) is 50.4 Å². The normalized spacial score (nSPS) is 27.2. The number of fused-ring (bicyclic) bond motifs is 2. The fourth-order valence-electron chi connectivity index (χ4n) is 3.22. The predicted molar refractivity (Wildman–Crippen MR) is 77.7 cm³/mol. The Morgan fingerprint density at radius 3 is 3.05 bits per heavy atom. The molecule has 0 radical (unpaired) electrons. The van der Waals surface area contributed by atoms with Crippen molar-refractivity contribution in [3.63, 3.8) is 0 Å². The lowest BCUT2D eigenvalue weighted by Crippen LogP contribution is -2.37. The van der Waals surface area contributed by atoms with Crippen LogP contribution in [0, 0.1) is 6.92 Å². The van der Waals surface area contributed by atoms with E-state index in [-0.39, 0.29) is 0 Å². The van der Waals surface area contributed by atoms with Gasteiger partial charge in [0.15, 0.2) is 0 Å². The summed E-state index contributed by atoms with van der Waals surface area (Å²) < 4.78 is 5.85. The van der Waals surface area contributed by atoms with Crippen LogP contribution in [-0.2, 0) is 0 Å². The van der Waals surface area contributed by atoms with E-state index < -0.39 is 0 Å². The number of aryl methyl sites for hydroxylation is 1. The number of nitrogens with one attached hydrogen (secondary N) is 1. The average Bonchev–Trinajstić information content (AvgIpc) is 2.72. The highest BCUT2D eigenvalue weighted by atomic mass is 16.5. The van der Waals surface area contributed by atoms with Crippen LogP contribution in [0.3, 0.4) is 0 Å². The maximum Gasteiger partial charge on any atom is 0.119 e. The van der Waals surface area contributed by atoms with Crippen LogP contribution in [-0.4, -0.2) is 43.2 Å². The van der Waals surface area contributed by atoms with E-state index >= 15 is 0 Å². The van der Waals surface area contributed by atoms with Crippen LogP contribution in [0.1, 0.15) is 24.8 Å². The smallest absolute Gasteiger partial charge is 0.119 e. The lowest BCUT2D eigenvalue weighted by Gasteiger charge is -2.23. The summed E-state index contributed by atoms with van der Waals surface area (Å²) in [5.74, 6) is 0.995. The van der Waals surface area contributed by atoms with Crippen LogP contribution in [0.2, 0.25) is 0 Å². The molecule has 104 valence electrons. The molecule has 2 aliphatic rings. The van der Waals surface area contributed by atoms with Crippen LogP contribution < -0.4 is 10.1 Å². The van der Waals surface area contributed by atoms with Gasteiger partial charge in [0.1, 0.15) is 12.4 Å². The summed E-state index contributed by atoms with van der Waals surface area (Å²) in [4.78, 5) is 2.55. The van der Waals surface area contributed by atoms with Gasteiger partial charge in [0, 0.05) is 25.2 Å². The molecule has 2 fully saturated rings. The van der Waals surface area contributed by atoms with E-state index in [1.807, 2.05) is 6.07 Å². The number of nitrogens with zero attached hydrogens (tertiary/aromatic N) is 1. The summed E-state index contributed by atoms with van der Waals surface area (Å²) >= 11 is 0. The Kier molecular flexibility index (Phi) is 4.04. The van der Waals surface area contributed by atoms with Gasteiger partial charge in [0.2, 0.25) is 0 Å². The molecule has 0 amide bonds. The second-order valence-electron chi connectivity index (χ2n) is 5.89. The van der Waals surface area contributed by atoms with Crippen LogP contribution in [0.15, 0.2) is 24.3 Å². The molecule has 0 saturated carbocycles. The predicted octanol–water partition coefficient (Wildman–Crippen LogP) is 2.20. The molecule has 1 aromatic carbocycles. The van der Waals surface area contributed by atoms with Crippen LogP contribution >= 0.6 is 0 Å². The fraction of sp³-hybridized carbons (Fsp3) is 0.625. The SMILES string of the molecule is Cc1cccc(OCCN2CCC3CCC(C2)N3)c1.